The van der Waals surface area contributed by atoms with Gasteiger partial charge >= 0.3 is 0 Å². The quantitative estimate of drug-likeness (QED) is 0.197. The first-order valence-electron chi connectivity index (χ1n) is 8.83. The lowest BCUT2D eigenvalue weighted by Crippen LogP contribution is -2.27. The topological polar surface area (TPSA) is 85.8 Å². The fraction of sp³-hybridized carbons (Fsp3) is 0.0476. The Kier molecular flexibility index (Phi) is 5.81. The molecule has 1 saturated heterocycles. The number of methoxy groups -OCH3 is 1. The number of nitro benzene ring substituents is 1. The van der Waals surface area contributed by atoms with Crippen LogP contribution in [-0.2, 0) is 4.79 Å². The third-order valence-electron chi connectivity index (χ3n) is 4.43. The lowest BCUT2D eigenvalue weighted by Gasteiger charge is -2.14. The first-order valence-corrected chi connectivity index (χ1v) is 10.4. The van der Waals surface area contributed by atoms with Gasteiger partial charge in [-0.3, -0.25) is 19.8 Å². The van der Waals surface area contributed by atoms with Crippen molar-refractivity contribution in [2.75, 3.05) is 12.0 Å². The third kappa shape index (κ3) is 4.20. The number of amides is 1. The van der Waals surface area contributed by atoms with Crippen LogP contribution in [0.4, 0.5) is 11.4 Å². The molecule has 3 aromatic rings. The summed E-state index contributed by atoms with van der Waals surface area (Å²) in [5.41, 5.74) is 0.733. The van der Waals surface area contributed by atoms with Crippen LogP contribution in [0.5, 0.6) is 5.75 Å². The standard InChI is InChI=1S/C21H13ClN2O5S2/c1-28-14-5-7-16(17(10-14)24(26)27)18-8-6-15(29-18)11-19-20(25)23(21(30)31-19)13-4-2-3-12(22)9-13/h2-11H,1H3/b19-11-. The van der Waals surface area contributed by atoms with Crippen LogP contribution in [0.1, 0.15) is 5.76 Å². The number of anilines is 1. The van der Waals surface area contributed by atoms with Crippen molar-refractivity contribution < 1.29 is 18.9 Å². The Morgan fingerprint density at radius 3 is 2.74 bits per heavy atom. The van der Waals surface area contributed by atoms with E-state index in [0.717, 1.165) is 11.8 Å². The average Bonchev–Trinajstić information content (AvgIpc) is 3.31. The van der Waals surface area contributed by atoms with Crippen LogP contribution in [-0.4, -0.2) is 22.3 Å². The van der Waals surface area contributed by atoms with Gasteiger partial charge in [-0.1, -0.05) is 41.6 Å². The number of furan rings is 1. The van der Waals surface area contributed by atoms with Gasteiger partial charge in [-0.25, -0.2) is 0 Å². The summed E-state index contributed by atoms with van der Waals surface area (Å²) in [6.07, 6.45) is 1.56. The summed E-state index contributed by atoms with van der Waals surface area (Å²) < 4.78 is 11.2. The predicted molar refractivity (Wildman–Crippen MR) is 124 cm³/mol. The van der Waals surface area contributed by atoms with E-state index in [1.807, 2.05) is 0 Å². The van der Waals surface area contributed by atoms with Crippen LogP contribution >= 0.6 is 35.6 Å². The monoisotopic (exact) mass is 472 g/mol. The van der Waals surface area contributed by atoms with E-state index in [4.69, 9.17) is 33.0 Å². The summed E-state index contributed by atoms with van der Waals surface area (Å²) in [7, 11) is 1.43. The summed E-state index contributed by atoms with van der Waals surface area (Å²) >= 11 is 12.5. The molecule has 10 heteroatoms. The number of benzene rings is 2. The van der Waals surface area contributed by atoms with Gasteiger partial charge in [0.25, 0.3) is 11.6 Å². The molecule has 0 bridgehead atoms. The number of thiocarbonyl (C=S) groups is 1. The highest BCUT2D eigenvalue weighted by molar-refractivity contribution is 8.27. The number of hydrogen-bond donors (Lipinski definition) is 0. The molecule has 1 aliphatic heterocycles. The second kappa shape index (κ2) is 8.54. The van der Waals surface area contributed by atoms with E-state index >= 15 is 0 Å². The maximum atomic E-state index is 12.9. The molecule has 1 fully saturated rings. The molecular formula is C21H13ClN2O5S2. The number of thioether (sulfide) groups is 1. The molecule has 0 N–H and O–H groups in total. The first-order chi connectivity index (χ1) is 14.9. The molecule has 1 aliphatic rings. The molecule has 2 heterocycles. The number of rotatable bonds is 5. The van der Waals surface area contributed by atoms with Gasteiger partial charge in [0.05, 0.1) is 34.3 Å². The molecule has 1 aromatic heterocycles. The molecule has 156 valence electrons. The van der Waals surface area contributed by atoms with E-state index in [1.165, 1.54) is 18.1 Å². The van der Waals surface area contributed by atoms with Gasteiger partial charge in [-0.05, 0) is 42.5 Å². The van der Waals surface area contributed by atoms with Crippen LogP contribution in [0.15, 0.2) is 63.9 Å². The van der Waals surface area contributed by atoms with Crippen LogP contribution in [0.2, 0.25) is 5.02 Å². The normalized spacial score (nSPS) is 15.0. The zero-order valence-electron chi connectivity index (χ0n) is 15.9. The molecule has 4 rings (SSSR count). The Labute approximate surface area is 191 Å². The molecule has 31 heavy (non-hydrogen) atoms. The van der Waals surface area contributed by atoms with Crippen molar-refractivity contribution in [1.82, 2.24) is 0 Å². The minimum Gasteiger partial charge on any atom is -0.497 e. The summed E-state index contributed by atoms with van der Waals surface area (Å²) in [5.74, 6) is 0.732. The van der Waals surface area contributed by atoms with Crippen LogP contribution < -0.4 is 9.64 Å². The van der Waals surface area contributed by atoms with E-state index < -0.39 is 4.92 Å². The van der Waals surface area contributed by atoms with Crippen molar-refractivity contribution in [1.29, 1.82) is 0 Å². The largest absolute Gasteiger partial charge is 0.497 e. The fourth-order valence-electron chi connectivity index (χ4n) is 3.01. The van der Waals surface area contributed by atoms with Crippen molar-refractivity contribution in [3.63, 3.8) is 0 Å². The molecule has 0 unspecified atom stereocenters. The number of carbonyl (C=O) groups excluding carboxylic acids is 1. The predicted octanol–water partition coefficient (Wildman–Crippen LogP) is 5.92. The molecule has 0 aliphatic carbocycles. The number of hydrogen-bond acceptors (Lipinski definition) is 7. The van der Waals surface area contributed by atoms with Crippen molar-refractivity contribution in [3.8, 4) is 17.1 Å². The first kappa shape index (κ1) is 21.1. The number of halogens is 1. The lowest BCUT2D eigenvalue weighted by molar-refractivity contribution is -0.384. The van der Waals surface area contributed by atoms with Crippen molar-refractivity contribution in [2.45, 2.75) is 0 Å². The SMILES string of the molecule is COc1ccc(-c2ccc(/C=C3\SC(=S)N(c4cccc(Cl)c4)C3=O)o2)c([N+](=O)[O-])c1. The molecule has 0 saturated carbocycles. The second-order valence-electron chi connectivity index (χ2n) is 6.34. The maximum absolute atomic E-state index is 12.9. The van der Waals surface area contributed by atoms with E-state index in [2.05, 4.69) is 0 Å². The smallest absolute Gasteiger partial charge is 0.284 e. The third-order valence-corrected chi connectivity index (χ3v) is 5.96. The van der Waals surface area contributed by atoms with E-state index in [-0.39, 0.29) is 11.6 Å². The Bertz CT molecular complexity index is 1250. The van der Waals surface area contributed by atoms with Crippen molar-refractivity contribution in [3.05, 3.63) is 80.4 Å². The summed E-state index contributed by atoms with van der Waals surface area (Å²) in [5, 5.41) is 11.9. The number of ether oxygens (including phenoxy) is 1. The molecule has 0 atom stereocenters. The molecule has 7 nitrogen and oxygen atoms in total. The summed E-state index contributed by atoms with van der Waals surface area (Å²) in [4.78, 5) is 25.6. The highest BCUT2D eigenvalue weighted by atomic mass is 35.5. The summed E-state index contributed by atoms with van der Waals surface area (Å²) in [6, 6.07) is 14.6. The van der Waals surface area contributed by atoms with Crippen LogP contribution in [0.3, 0.4) is 0 Å². The Hall–Kier alpha value is -3.14. The zero-order chi connectivity index (χ0) is 22.1. The molecular weight excluding hydrogens is 460 g/mol. The van der Waals surface area contributed by atoms with Crippen LogP contribution in [0.25, 0.3) is 17.4 Å². The number of carbonyl (C=O) groups is 1. The van der Waals surface area contributed by atoms with Gasteiger partial charge in [0.15, 0.2) is 4.32 Å². The Morgan fingerprint density at radius 2 is 2.03 bits per heavy atom. The van der Waals surface area contributed by atoms with Gasteiger partial charge in [-0.15, -0.1) is 0 Å². The number of nitro groups is 1. The van der Waals surface area contributed by atoms with Gasteiger partial charge in [0, 0.05) is 11.1 Å². The van der Waals surface area contributed by atoms with Gasteiger partial charge in [0.1, 0.15) is 17.3 Å². The minimum absolute atomic E-state index is 0.146. The zero-order valence-corrected chi connectivity index (χ0v) is 18.3. The molecule has 1 amide bonds. The average molecular weight is 473 g/mol. The van der Waals surface area contributed by atoms with E-state index in [1.54, 1.807) is 54.6 Å². The van der Waals surface area contributed by atoms with Gasteiger partial charge < -0.3 is 9.15 Å². The highest BCUT2D eigenvalue weighted by Gasteiger charge is 2.33. The Balaban J connectivity index is 1.64. The van der Waals surface area contributed by atoms with Crippen molar-refractivity contribution in [2.24, 2.45) is 0 Å². The van der Waals surface area contributed by atoms with Crippen molar-refractivity contribution >= 4 is 63.3 Å². The minimum atomic E-state index is -0.504. The van der Waals surface area contributed by atoms with Gasteiger partial charge in [0.2, 0.25) is 0 Å². The molecule has 0 radical (unpaired) electrons. The second-order valence-corrected chi connectivity index (χ2v) is 8.45. The summed E-state index contributed by atoms with van der Waals surface area (Å²) in [6.45, 7) is 0. The fourth-order valence-corrected chi connectivity index (χ4v) is 4.47. The Morgan fingerprint density at radius 1 is 1.23 bits per heavy atom. The number of nitrogens with zero attached hydrogens (tertiary/aromatic N) is 2. The van der Waals surface area contributed by atoms with Gasteiger partial charge in [-0.2, -0.15) is 0 Å². The highest BCUT2D eigenvalue weighted by Crippen LogP contribution is 2.38. The molecule has 0 spiro atoms. The van der Waals surface area contributed by atoms with E-state index in [0.29, 0.717) is 42.8 Å². The lowest BCUT2D eigenvalue weighted by atomic mass is 10.1. The van der Waals surface area contributed by atoms with E-state index in [9.17, 15) is 14.9 Å². The van der Waals surface area contributed by atoms with Crippen LogP contribution in [0, 0.1) is 10.1 Å². The maximum Gasteiger partial charge on any atom is 0.284 e. The molecule has 2 aromatic carbocycles.